The van der Waals surface area contributed by atoms with Crippen molar-refractivity contribution < 1.29 is 18.5 Å². The Hall–Kier alpha value is -3.62. The quantitative estimate of drug-likeness (QED) is 0.739. The van der Waals surface area contributed by atoms with E-state index in [9.17, 15) is 9.59 Å². The van der Waals surface area contributed by atoms with Gasteiger partial charge in [-0.15, -0.1) is 0 Å². The zero-order chi connectivity index (χ0) is 19.5. The zero-order valence-corrected chi connectivity index (χ0v) is 15.3. The van der Waals surface area contributed by atoms with Crippen molar-refractivity contribution in [3.63, 3.8) is 0 Å². The molecule has 9 heteroatoms. The maximum absolute atomic E-state index is 12.8. The van der Waals surface area contributed by atoms with Crippen molar-refractivity contribution in [2.75, 3.05) is 31.5 Å². The van der Waals surface area contributed by atoms with Crippen molar-refractivity contribution in [2.24, 2.45) is 0 Å². The van der Waals surface area contributed by atoms with Crippen molar-refractivity contribution in [2.45, 2.75) is 6.92 Å². The van der Waals surface area contributed by atoms with Gasteiger partial charge in [0.1, 0.15) is 11.5 Å². The third-order valence-corrected chi connectivity index (χ3v) is 4.47. The summed E-state index contributed by atoms with van der Waals surface area (Å²) in [5.74, 6) is 1.22. The normalized spacial score (nSPS) is 14.2. The minimum Gasteiger partial charge on any atom is -0.459 e. The van der Waals surface area contributed by atoms with Crippen LogP contribution in [0.25, 0.3) is 0 Å². The summed E-state index contributed by atoms with van der Waals surface area (Å²) in [6.07, 6.45) is 3.04. The number of pyridine rings is 1. The van der Waals surface area contributed by atoms with Crippen LogP contribution in [-0.4, -0.2) is 57.9 Å². The number of aromatic nitrogens is 2. The van der Waals surface area contributed by atoms with Gasteiger partial charge in [-0.05, 0) is 31.2 Å². The second kappa shape index (κ2) is 7.55. The fourth-order valence-corrected chi connectivity index (χ4v) is 3.03. The molecule has 9 nitrogen and oxygen atoms in total. The van der Waals surface area contributed by atoms with Gasteiger partial charge in [0.2, 0.25) is 0 Å². The highest BCUT2D eigenvalue weighted by Crippen LogP contribution is 2.18. The van der Waals surface area contributed by atoms with Crippen molar-refractivity contribution in [3.8, 4) is 0 Å². The largest absolute Gasteiger partial charge is 0.459 e. The third kappa shape index (κ3) is 3.73. The smallest absolute Gasteiger partial charge is 0.289 e. The van der Waals surface area contributed by atoms with Crippen LogP contribution in [0.15, 0.2) is 51.7 Å². The van der Waals surface area contributed by atoms with Gasteiger partial charge in [0.25, 0.3) is 11.8 Å². The molecule has 0 saturated carbocycles. The first-order chi connectivity index (χ1) is 13.6. The number of amides is 2. The van der Waals surface area contributed by atoms with Gasteiger partial charge in [-0.2, -0.15) is 0 Å². The van der Waals surface area contributed by atoms with Gasteiger partial charge < -0.3 is 24.1 Å². The molecule has 3 aromatic rings. The van der Waals surface area contributed by atoms with Gasteiger partial charge in [0.15, 0.2) is 11.6 Å². The molecule has 1 aliphatic heterocycles. The molecule has 0 aliphatic carbocycles. The van der Waals surface area contributed by atoms with Gasteiger partial charge in [-0.3, -0.25) is 14.6 Å². The summed E-state index contributed by atoms with van der Waals surface area (Å²) in [6.45, 7) is 3.57. The molecule has 0 radical (unpaired) electrons. The van der Waals surface area contributed by atoms with Gasteiger partial charge >= 0.3 is 0 Å². The number of anilines is 2. The van der Waals surface area contributed by atoms with E-state index in [0.717, 1.165) is 0 Å². The molecule has 4 rings (SSSR count). The second-order valence-electron chi connectivity index (χ2n) is 6.44. The summed E-state index contributed by atoms with van der Waals surface area (Å²) in [5, 5.41) is 6.96. The number of carbonyl (C=O) groups is 2. The van der Waals surface area contributed by atoms with Crippen molar-refractivity contribution >= 4 is 23.3 Å². The molecule has 4 heterocycles. The number of hydrogen-bond acceptors (Lipinski definition) is 7. The van der Waals surface area contributed by atoms with Crippen LogP contribution in [0.4, 0.5) is 11.5 Å². The highest BCUT2D eigenvalue weighted by Gasteiger charge is 2.27. The molecule has 1 N–H and O–H groups in total. The Bertz CT molecular complexity index is 974. The Morgan fingerprint density at radius 3 is 2.46 bits per heavy atom. The van der Waals surface area contributed by atoms with Crippen LogP contribution in [0.1, 0.15) is 26.8 Å². The first-order valence-electron chi connectivity index (χ1n) is 8.88. The highest BCUT2D eigenvalue weighted by atomic mass is 16.5. The lowest BCUT2D eigenvalue weighted by Crippen LogP contribution is -2.50. The van der Waals surface area contributed by atoms with Crippen LogP contribution in [0.3, 0.4) is 0 Å². The number of piperazine rings is 1. The molecule has 0 atom stereocenters. The molecule has 2 amide bonds. The van der Waals surface area contributed by atoms with Crippen molar-refractivity contribution in [3.05, 3.63) is 60.0 Å². The molecule has 28 heavy (non-hydrogen) atoms. The van der Waals surface area contributed by atoms with E-state index < -0.39 is 0 Å². The predicted molar refractivity (Wildman–Crippen MR) is 99.3 cm³/mol. The van der Waals surface area contributed by atoms with Gasteiger partial charge in [0, 0.05) is 44.1 Å². The topological polar surface area (TPSA) is 105 Å². The average molecular weight is 381 g/mol. The first-order valence-corrected chi connectivity index (χ1v) is 8.88. The third-order valence-electron chi connectivity index (χ3n) is 4.47. The SMILES string of the molecule is Cc1cc(Nc2ccnc(C(=O)N3CCN(C(=O)c4ccco4)CC3)c2)no1. The number of nitrogens with zero attached hydrogens (tertiary/aromatic N) is 4. The van der Waals surface area contributed by atoms with Gasteiger partial charge in [0.05, 0.1) is 6.26 Å². The van der Waals surface area contributed by atoms with E-state index in [2.05, 4.69) is 15.5 Å². The summed E-state index contributed by atoms with van der Waals surface area (Å²) in [4.78, 5) is 32.7. The maximum atomic E-state index is 12.8. The number of rotatable bonds is 4. The standard InChI is InChI=1S/C19H19N5O4/c1-13-11-17(22-28-13)21-14-4-5-20-15(12-14)18(25)23-6-8-24(9-7-23)19(26)16-3-2-10-27-16/h2-5,10-12H,6-9H2,1H3,(H,20,21,22). The molecule has 0 bridgehead atoms. The second-order valence-corrected chi connectivity index (χ2v) is 6.44. The van der Waals surface area contributed by atoms with Crippen molar-refractivity contribution in [1.29, 1.82) is 0 Å². The van der Waals surface area contributed by atoms with Crippen LogP contribution in [0.2, 0.25) is 0 Å². The van der Waals surface area contributed by atoms with E-state index in [1.54, 1.807) is 53.3 Å². The van der Waals surface area contributed by atoms with Crippen LogP contribution in [-0.2, 0) is 0 Å². The Balaban J connectivity index is 1.38. The Morgan fingerprint density at radius 1 is 1.07 bits per heavy atom. The molecule has 0 aromatic carbocycles. The van der Waals surface area contributed by atoms with E-state index in [-0.39, 0.29) is 11.8 Å². The fourth-order valence-electron chi connectivity index (χ4n) is 3.03. The number of furan rings is 1. The fraction of sp³-hybridized carbons (Fsp3) is 0.263. The number of carbonyl (C=O) groups excluding carboxylic acids is 2. The monoisotopic (exact) mass is 381 g/mol. The van der Waals surface area contributed by atoms with Crippen LogP contribution >= 0.6 is 0 Å². The maximum Gasteiger partial charge on any atom is 0.289 e. The Labute approximate surface area is 160 Å². The van der Waals surface area contributed by atoms with Gasteiger partial charge in [-0.1, -0.05) is 5.16 Å². The molecule has 0 unspecified atom stereocenters. The molecule has 1 saturated heterocycles. The summed E-state index contributed by atoms with van der Waals surface area (Å²) < 4.78 is 10.2. The van der Waals surface area contributed by atoms with E-state index in [0.29, 0.717) is 54.9 Å². The van der Waals surface area contributed by atoms with Crippen LogP contribution in [0, 0.1) is 6.92 Å². The molecule has 1 fully saturated rings. The minimum atomic E-state index is -0.176. The summed E-state index contributed by atoms with van der Waals surface area (Å²) in [5.41, 5.74) is 1.02. The molecule has 3 aromatic heterocycles. The molecule has 144 valence electrons. The summed E-state index contributed by atoms with van der Waals surface area (Å²) in [7, 11) is 0. The minimum absolute atomic E-state index is 0.163. The van der Waals surface area contributed by atoms with Crippen LogP contribution in [0.5, 0.6) is 0 Å². The van der Waals surface area contributed by atoms with E-state index in [1.165, 1.54) is 6.26 Å². The number of nitrogens with one attached hydrogen (secondary N) is 1. The summed E-state index contributed by atoms with van der Waals surface area (Å²) >= 11 is 0. The van der Waals surface area contributed by atoms with Crippen LogP contribution < -0.4 is 5.32 Å². The van der Waals surface area contributed by atoms with Gasteiger partial charge in [-0.25, -0.2) is 0 Å². The lowest BCUT2D eigenvalue weighted by Gasteiger charge is -2.34. The van der Waals surface area contributed by atoms with Crippen molar-refractivity contribution in [1.82, 2.24) is 19.9 Å². The predicted octanol–water partition coefficient (Wildman–Crippen LogP) is 2.31. The molecular formula is C19H19N5O4. The number of aryl methyl sites for hydroxylation is 1. The molecule has 1 aliphatic rings. The number of hydrogen-bond donors (Lipinski definition) is 1. The Morgan fingerprint density at radius 2 is 1.82 bits per heavy atom. The lowest BCUT2D eigenvalue weighted by atomic mass is 10.2. The first kappa shape index (κ1) is 17.8. The summed E-state index contributed by atoms with van der Waals surface area (Å²) in [6, 6.07) is 8.50. The molecular weight excluding hydrogens is 362 g/mol. The van der Waals surface area contributed by atoms with E-state index in [1.807, 2.05) is 0 Å². The zero-order valence-electron chi connectivity index (χ0n) is 15.3. The highest BCUT2D eigenvalue weighted by molar-refractivity contribution is 5.94. The average Bonchev–Trinajstić information content (AvgIpc) is 3.39. The lowest BCUT2D eigenvalue weighted by molar-refractivity contribution is 0.0515. The van der Waals surface area contributed by atoms with E-state index >= 15 is 0 Å². The molecule has 0 spiro atoms. The Kier molecular flexibility index (Phi) is 4.79. The van der Waals surface area contributed by atoms with E-state index in [4.69, 9.17) is 8.94 Å².